The fraction of sp³-hybridized carbons (Fsp3) is 0.267. The van der Waals surface area contributed by atoms with E-state index in [2.05, 4.69) is 25.5 Å². The summed E-state index contributed by atoms with van der Waals surface area (Å²) in [5, 5.41) is 4.22. The number of alkyl halides is 3. The average molecular weight is 645 g/mol. The van der Waals surface area contributed by atoms with E-state index in [-0.39, 0.29) is 40.4 Å². The molecule has 1 unspecified atom stereocenters. The highest BCUT2D eigenvalue weighted by atomic mass is 32.2. The molecule has 1 fully saturated rings. The minimum Gasteiger partial charge on any atom is -0.406 e. The predicted octanol–water partition coefficient (Wildman–Crippen LogP) is 6.51. The van der Waals surface area contributed by atoms with Crippen LogP contribution in [0.1, 0.15) is 30.0 Å². The Balaban J connectivity index is 1.16. The molecule has 2 aliphatic rings. The van der Waals surface area contributed by atoms with Crippen molar-refractivity contribution < 1.29 is 36.6 Å². The van der Waals surface area contributed by atoms with Crippen LogP contribution in [0.4, 0.5) is 39.4 Å². The molecule has 5 rings (SSSR count). The van der Waals surface area contributed by atoms with E-state index in [9.17, 15) is 27.2 Å². The van der Waals surface area contributed by atoms with Gasteiger partial charge in [-0.25, -0.2) is 14.2 Å². The number of hydrogen-bond acceptors (Lipinski definition) is 8. The summed E-state index contributed by atoms with van der Waals surface area (Å²) in [6.45, 7) is 3.80. The Hall–Kier alpha value is -4.47. The Kier molecular flexibility index (Phi) is 9.70. The van der Waals surface area contributed by atoms with Crippen molar-refractivity contribution in [3.63, 3.8) is 0 Å². The lowest BCUT2D eigenvalue weighted by atomic mass is 10.0. The van der Waals surface area contributed by atoms with Gasteiger partial charge in [0.25, 0.3) is 0 Å². The van der Waals surface area contributed by atoms with Crippen LogP contribution < -0.4 is 25.4 Å². The van der Waals surface area contributed by atoms with Crippen molar-refractivity contribution in [2.24, 2.45) is 9.98 Å². The molecule has 0 radical (unpaired) electrons. The number of amidine groups is 1. The number of halogens is 4. The van der Waals surface area contributed by atoms with E-state index in [1.54, 1.807) is 0 Å². The lowest BCUT2D eigenvalue weighted by Crippen LogP contribution is -2.38. The lowest BCUT2D eigenvalue weighted by molar-refractivity contribution is -0.274. The van der Waals surface area contributed by atoms with Crippen LogP contribution in [0.3, 0.4) is 0 Å². The third-order valence-corrected chi connectivity index (χ3v) is 7.50. The smallest absolute Gasteiger partial charge is 0.406 e. The van der Waals surface area contributed by atoms with Gasteiger partial charge in [0.2, 0.25) is 12.3 Å². The van der Waals surface area contributed by atoms with Crippen LogP contribution in [0, 0.1) is 12.7 Å². The second-order valence-corrected chi connectivity index (χ2v) is 10.9. The van der Waals surface area contributed by atoms with Crippen molar-refractivity contribution in [2.75, 3.05) is 21.0 Å². The third-order valence-electron chi connectivity index (χ3n) is 6.58. The van der Waals surface area contributed by atoms with Crippen molar-refractivity contribution in [3.8, 4) is 5.75 Å². The molecule has 2 aliphatic heterocycles. The number of carbonyl (C=O) groups is 2. The summed E-state index contributed by atoms with van der Waals surface area (Å²) in [5.74, 6) is -1.04. The van der Waals surface area contributed by atoms with Gasteiger partial charge >= 0.3 is 12.4 Å². The Labute approximate surface area is 260 Å². The summed E-state index contributed by atoms with van der Waals surface area (Å²) in [7, 11) is 0. The summed E-state index contributed by atoms with van der Waals surface area (Å²) < 4.78 is 61.5. The third kappa shape index (κ3) is 8.17. The molecule has 0 aromatic heterocycles. The number of aryl methyl sites for hydroxylation is 2. The quantitative estimate of drug-likeness (QED) is 0.256. The van der Waals surface area contributed by atoms with E-state index < -0.39 is 24.6 Å². The number of urea groups is 1. The average Bonchev–Trinajstić information content (AvgIpc) is 3.59. The first-order valence-corrected chi connectivity index (χ1v) is 14.8. The van der Waals surface area contributed by atoms with Gasteiger partial charge in [-0.3, -0.25) is 14.7 Å². The van der Waals surface area contributed by atoms with Crippen LogP contribution in [0.5, 0.6) is 5.75 Å². The van der Waals surface area contributed by atoms with Crippen LogP contribution in [0.15, 0.2) is 70.6 Å². The molecule has 236 valence electrons. The van der Waals surface area contributed by atoms with E-state index in [1.807, 2.05) is 32.0 Å². The number of nitrogens with zero attached hydrogens (tertiary/aromatic N) is 4. The number of benzene rings is 3. The molecule has 1 atom stereocenters. The van der Waals surface area contributed by atoms with Gasteiger partial charge in [-0.15, -0.1) is 13.2 Å². The van der Waals surface area contributed by atoms with Crippen molar-refractivity contribution in [3.05, 3.63) is 83.2 Å². The first kappa shape index (κ1) is 31.9. The van der Waals surface area contributed by atoms with Gasteiger partial charge in [0.15, 0.2) is 5.17 Å². The van der Waals surface area contributed by atoms with E-state index in [0.717, 1.165) is 53.9 Å². The highest BCUT2D eigenvalue weighted by Crippen LogP contribution is 2.32. The molecule has 0 spiro atoms. The van der Waals surface area contributed by atoms with Gasteiger partial charge in [0.05, 0.1) is 23.7 Å². The molecule has 0 bridgehead atoms. The van der Waals surface area contributed by atoms with E-state index >= 15 is 0 Å². The van der Waals surface area contributed by atoms with Gasteiger partial charge in [-0.2, -0.15) is 10.4 Å². The van der Waals surface area contributed by atoms with Crippen molar-refractivity contribution in [1.82, 2.24) is 5.43 Å². The number of aliphatic imine (C=N–C) groups is 2. The molecule has 10 nitrogen and oxygen atoms in total. The highest BCUT2D eigenvalue weighted by molar-refractivity contribution is 8.15. The lowest BCUT2D eigenvalue weighted by Gasteiger charge is -2.20. The minimum atomic E-state index is -4.79. The minimum absolute atomic E-state index is 0.149. The molecule has 2 N–H and O–H groups in total. The molecule has 15 heteroatoms. The molecule has 0 saturated carbocycles. The maximum absolute atomic E-state index is 14.9. The van der Waals surface area contributed by atoms with Crippen molar-refractivity contribution >= 4 is 52.3 Å². The Morgan fingerprint density at radius 1 is 1.13 bits per heavy atom. The number of hydrazine groups is 1. The van der Waals surface area contributed by atoms with Crippen LogP contribution in [-0.2, 0) is 22.6 Å². The zero-order valence-corrected chi connectivity index (χ0v) is 24.9. The zero-order chi connectivity index (χ0) is 32.1. The summed E-state index contributed by atoms with van der Waals surface area (Å²) in [6.07, 6.45) is -2.65. The number of anilines is 3. The van der Waals surface area contributed by atoms with Crippen LogP contribution >= 0.6 is 11.8 Å². The first-order valence-electron chi connectivity index (χ1n) is 13.8. The second-order valence-electron chi connectivity index (χ2n) is 10.00. The van der Waals surface area contributed by atoms with Crippen LogP contribution in [0.25, 0.3) is 0 Å². The number of carbonyl (C=O) groups excluding carboxylic acids is 2. The summed E-state index contributed by atoms with van der Waals surface area (Å²) >= 11 is 1.16. The Morgan fingerprint density at radius 2 is 1.89 bits per heavy atom. The summed E-state index contributed by atoms with van der Waals surface area (Å²) in [4.78, 5) is 35.2. The van der Waals surface area contributed by atoms with E-state index in [4.69, 9.17) is 4.74 Å². The number of amides is 3. The SMILES string of the molecule is CCCc1ccc(C)cc1N1C(=O)CS/C1=N\C(=O)Nc1ccc(COC2N=CN(c3ccc(OC(F)(F)F)cc3)N2)c(F)c1. The molecule has 3 amide bonds. The normalized spacial score (nSPS) is 17.4. The number of nitrogens with one attached hydrogen (secondary N) is 2. The molecular formula is C30H28F4N6O4S. The van der Waals surface area contributed by atoms with Crippen molar-refractivity contribution in [1.29, 1.82) is 0 Å². The van der Waals surface area contributed by atoms with Gasteiger partial charge in [0.1, 0.15) is 17.9 Å². The molecule has 3 aromatic rings. The van der Waals surface area contributed by atoms with Crippen LogP contribution in [-0.4, -0.2) is 41.9 Å². The van der Waals surface area contributed by atoms with Gasteiger partial charge in [-0.1, -0.05) is 43.3 Å². The number of hydrogen-bond donors (Lipinski definition) is 2. The van der Waals surface area contributed by atoms with Gasteiger partial charge < -0.3 is 14.8 Å². The predicted molar refractivity (Wildman–Crippen MR) is 164 cm³/mol. The zero-order valence-electron chi connectivity index (χ0n) is 24.1. The van der Waals surface area contributed by atoms with Crippen LogP contribution in [0.2, 0.25) is 0 Å². The summed E-state index contributed by atoms with van der Waals surface area (Å²) in [5.41, 5.74) is 6.34. The Morgan fingerprint density at radius 3 is 2.60 bits per heavy atom. The molecule has 1 saturated heterocycles. The van der Waals surface area contributed by atoms with E-state index in [0.29, 0.717) is 11.4 Å². The number of ether oxygens (including phenoxy) is 2. The monoisotopic (exact) mass is 644 g/mol. The number of thioether (sulfide) groups is 1. The molecule has 0 aliphatic carbocycles. The fourth-order valence-corrected chi connectivity index (χ4v) is 5.39. The highest BCUT2D eigenvalue weighted by Gasteiger charge is 2.32. The van der Waals surface area contributed by atoms with Gasteiger partial charge in [-0.05, 0) is 66.9 Å². The van der Waals surface area contributed by atoms with Gasteiger partial charge in [0, 0.05) is 11.3 Å². The topological polar surface area (TPSA) is 108 Å². The van der Waals surface area contributed by atoms with Crippen molar-refractivity contribution in [2.45, 2.75) is 46.0 Å². The summed E-state index contributed by atoms with van der Waals surface area (Å²) in [6, 6.07) is 14.3. The number of rotatable bonds is 9. The second kappa shape index (κ2) is 13.7. The Bertz CT molecular complexity index is 1630. The largest absolute Gasteiger partial charge is 0.573 e. The van der Waals surface area contributed by atoms with E-state index in [1.165, 1.54) is 40.5 Å². The maximum atomic E-state index is 14.9. The first-order chi connectivity index (χ1) is 21.5. The molecule has 3 aromatic carbocycles. The maximum Gasteiger partial charge on any atom is 0.573 e. The molecular weight excluding hydrogens is 616 g/mol. The molecule has 45 heavy (non-hydrogen) atoms. The fourth-order valence-electron chi connectivity index (χ4n) is 4.54. The standard InChI is InChI=1S/C30H28F4N6O4S/c1-3-4-19-6-5-18(2)13-25(19)40-26(41)16-45-29(40)37-27(42)36-21-8-7-20(24(31)14-21)15-43-28-35-17-39(38-28)22-9-11-23(12-10-22)44-30(32,33)34/h5-14,17,28,38H,3-4,15-16H2,1-2H3,(H,36,42)/b37-29-. The molecule has 2 heterocycles.